The van der Waals surface area contributed by atoms with Gasteiger partial charge in [-0.2, -0.15) is 0 Å². The standard InChI is InChI=1S/C22H18O3S/c1-13-6-4-7-14(2)20(13)21(23)15(3)17-10-9-16(22(24)25)12-18(17)19-8-5-11-26-19/h4-12H,3H2,1-2H3,(H,24,25). The molecule has 0 spiro atoms. The minimum atomic E-state index is -0.999. The lowest BCUT2D eigenvalue weighted by atomic mass is 9.89. The molecule has 3 aromatic rings. The second kappa shape index (κ2) is 7.10. The van der Waals surface area contributed by atoms with E-state index >= 15 is 0 Å². The first kappa shape index (κ1) is 17.8. The van der Waals surface area contributed by atoms with Gasteiger partial charge in [0.15, 0.2) is 5.78 Å². The summed E-state index contributed by atoms with van der Waals surface area (Å²) < 4.78 is 0. The predicted molar refractivity (Wildman–Crippen MR) is 106 cm³/mol. The van der Waals surface area contributed by atoms with Gasteiger partial charge in [-0.15, -0.1) is 11.3 Å². The molecule has 0 saturated carbocycles. The Morgan fingerprint density at radius 1 is 1.00 bits per heavy atom. The van der Waals surface area contributed by atoms with Gasteiger partial charge in [-0.1, -0.05) is 36.9 Å². The lowest BCUT2D eigenvalue weighted by Gasteiger charge is -2.14. The van der Waals surface area contributed by atoms with Gasteiger partial charge in [-0.05, 0) is 54.1 Å². The minimum Gasteiger partial charge on any atom is -0.478 e. The molecule has 0 aliphatic carbocycles. The SMILES string of the molecule is C=C(C(=O)c1c(C)cccc1C)c1ccc(C(=O)O)cc1-c1cccs1. The smallest absolute Gasteiger partial charge is 0.335 e. The van der Waals surface area contributed by atoms with Crippen LogP contribution in [0, 0.1) is 13.8 Å². The zero-order chi connectivity index (χ0) is 18.8. The summed E-state index contributed by atoms with van der Waals surface area (Å²) in [5, 5.41) is 11.2. The highest BCUT2D eigenvalue weighted by molar-refractivity contribution is 7.13. The molecule has 26 heavy (non-hydrogen) atoms. The van der Waals surface area contributed by atoms with Crippen LogP contribution in [0.25, 0.3) is 16.0 Å². The number of carbonyl (C=O) groups excluding carboxylic acids is 1. The van der Waals surface area contributed by atoms with Crippen molar-refractivity contribution in [3.8, 4) is 10.4 Å². The van der Waals surface area contributed by atoms with Gasteiger partial charge in [0, 0.05) is 21.6 Å². The normalized spacial score (nSPS) is 10.5. The van der Waals surface area contributed by atoms with Gasteiger partial charge < -0.3 is 5.11 Å². The van der Waals surface area contributed by atoms with E-state index in [1.807, 2.05) is 49.6 Å². The molecule has 0 radical (unpaired) electrons. The summed E-state index contributed by atoms with van der Waals surface area (Å²) >= 11 is 1.50. The fraction of sp³-hybridized carbons (Fsp3) is 0.0909. The molecule has 1 aromatic heterocycles. The minimum absolute atomic E-state index is 0.138. The zero-order valence-corrected chi connectivity index (χ0v) is 15.4. The second-order valence-corrected chi connectivity index (χ2v) is 7.06. The molecule has 0 amide bonds. The Morgan fingerprint density at radius 2 is 1.69 bits per heavy atom. The number of carboxylic acid groups (broad SMARTS) is 1. The van der Waals surface area contributed by atoms with Gasteiger partial charge in [-0.3, -0.25) is 4.79 Å². The van der Waals surface area contributed by atoms with Gasteiger partial charge in [0.05, 0.1) is 5.56 Å². The summed E-state index contributed by atoms with van der Waals surface area (Å²) in [6.45, 7) is 7.84. The van der Waals surface area contributed by atoms with Crippen LogP contribution in [-0.2, 0) is 0 Å². The average Bonchev–Trinajstić information content (AvgIpc) is 3.14. The van der Waals surface area contributed by atoms with Crippen LogP contribution >= 0.6 is 11.3 Å². The lowest BCUT2D eigenvalue weighted by Crippen LogP contribution is -2.08. The van der Waals surface area contributed by atoms with E-state index in [1.165, 1.54) is 17.4 Å². The summed E-state index contributed by atoms with van der Waals surface area (Å²) in [6.07, 6.45) is 0. The number of aromatic carboxylic acids is 1. The predicted octanol–water partition coefficient (Wildman–Crippen LogP) is 5.63. The third kappa shape index (κ3) is 3.24. The largest absolute Gasteiger partial charge is 0.478 e. The van der Waals surface area contributed by atoms with E-state index in [4.69, 9.17) is 0 Å². The van der Waals surface area contributed by atoms with Crippen molar-refractivity contribution >= 4 is 28.7 Å². The molecule has 0 bridgehead atoms. The number of benzene rings is 2. The highest BCUT2D eigenvalue weighted by Gasteiger charge is 2.20. The van der Waals surface area contributed by atoms with Crippen molar-refractivity contribution in [1.82, 2.24) is 0 Å². The van der Waals surface area contributed by atoms with E-state index in [9.17, 15) is 14.7 Å². The number of rotatable bonds is 5. The van der Waals surface area contributed by atoms with Crippen molar-refractivity contribution in [3.05, 3.63) is 88.3 Å². The van der Waals surface area contributed by atoms with Gasteiger partial charge >= 0.3 is 5.97 Å². The van der Waals surface area contributed by atoms with E-state index in [1.54, 1.807) is 12.1 Å². The Bertz CT molecular complexity index is 994. The van der Waals surface area contributed by atoms with Crippen molar-refractivity contribution in [2.24, 2.45) is 0 Å². The van der Waals surface area contributed by atoms with E-state index in [2.05, 4.69) is 6.58 Å². The van der Waals surface area contributed by atoms with Crippen molar-refractivity contribution in [2.45, 2.75) is 13.8 Å². The van der Waals surface area contributed by atoms with Crippen LogP contribution in [0.4, 0.5) is 0 Å². The van der Waals surface area contributed by atoms with Crippen molar-refractivity contribution < 1.29 is 14.7 Å². The Hall–Kier alpha value is -2.98. The van der Waals surface area contributed by atoms with Crippen LogP contribution in [0.5, 0.6) is 0 Å². The van der Waals surface area contributed by atoms with Crippen LogP contribution in [-0.4, -0.2) is 16.9 Å². The van der Waals surface area contributed by atoms with Gasteiger partial charge in [-0.25, -0.2) is 4.79 Å². The molecule has 4 heteroatoms. The summed E-state index contributed by atoms with van der Waals surface area (Å²) in [5.74, 6) is -1.14. The first-order valence-corrected chi connectivity index (χ1v) is 8.99. The number of carboxylic acids is 1. The zero-order valence-electron chi connectivity index (χ0n) is 14.6. The summed E-state index contributed by atoms with van der Waals surface area (Å²) in [6, 6.07) is 14.3. The number of aryl methyl sites for hydroxylation is 2. The summed E-state index contributed by atoms with van der Waals surface area (Å²) in [7, 11) is 0. The number of Topliss-reactive ketones (excluding diaryl/α,β-unsaturated/α-hetero) is 1. The quantitative estimate of drug-likeness (QED) is 0.473. The number of hydrogen-bond acceptors (Lipinski definition) is 3. The third-order valence-corrected chi connectivity index (χ3v) is 5.26. The molecule has 0 fully saturated rings. The van der Waals surface area contributed by atoms with E-state index in [-0.39, 0.29) is 11.3 Å². The fourth-order valence-corrected chi connectivity index (χ4v) is 3.78. The molecule has 0 unspecified atom stereocenters. The highest BCUT2D eigenvalue weighted by atomic mass is 32.1. The molecule has 0 atom stereocenters. The molecule has 0 saturated heterocycles. The first-order valence-electron chi connectivity index (χ1n) is 8.11. The number of thiophene rings is 1. The fourth-order valence-electron chi connectivity index (χ4n) is 3.02. The van der Waals surface area contributed by atoms with Crippen molar-refractivity contribution in [1.29, 1.82) is 0 Å². The van der Waals surface area contributed by atoms with Gasteiger partial charge in [0.1, 0.15) is 0 Å². The summed E-state index contributed by atoms with van der Waals surface area (Å²) in [5.41, 5.74) is 4.37. The molecule has 2 aromatic carbocycles. The lowest BCUT2D eigenvalue weighted by molar-refractivity contribution is 0.0696. The molecular weight excluding hydrogens is 344 g/mol. The molecule has 0 aliphatic rings. The van der Waals surface area contributed by atoms with E-state index in [0.717, 1.165) is 16.0 Å². The number of allylic oxidation sites excluding steroid dienone is 1. The third-order valence-electron chi connectivity index (χ3n) is 4.36. The maximum atomic E-state index is 13.1. The van der Waals surface area contributed by atoms with Crippen LogP contribution in [0.1, 0.15) is 37.4 Å². The Labute approximate surface area is 156 Å². The van der Waals surface area contributed by atoms with Gasteiger partial charge in [0.2, 0.25) is 0 Å². The average molecular weight is 362 g/mol. The number of carbonyl (C=O) groups is 2. The van der Waals surface area contributed by atoms with Crippen LogP contribution in [0.15, 0.2) is 60.5 Å². The maximum Gasteiger partial charge on any atom is 0.335 e. The van der Waals surface area contributed by atoms with Crippen LogP contribution in [0.3, 0.4) is 0 Å². The second-order valence-electron chi connectivity index (χ2n) is 6.12. The Morgan fingerprint density at radius 3 is 2.27 bits per heavy atom. The maximum absolute atomic E-state index is 13.1. The molecule has 130 valence electrons. The van der Waals surface area contributed by atoms with Crippen molar-refractivity contribution in [2.75, 3.05) is 0 Å². The topological polar surface area (TPSA) is 54.4 Å². The number of hydrogen-bond donors (Lipinski definition) is 1. The molecule has 0 aliphatic heterocycles. The van der Waals surface area contributed by atoms with Gasteiger partial charge in [0.25, 0.3) is 0 Å². The molecule has 1 N–H and O–H groups in total. The van der Waals surface area contributed by atoms with Crippen molar-refractivity contribution in [3.63, 3.8) is 0 Å². The van der Waals surface area contributed by atoms with Crippen LogP contribution in [0.2, 0.25) is 0 Å². The number of ketones is 1. The Balaban J connectivity index is 2.13. The van der Waals surface area contributed by atoms with Crippen LogP contribution < -0.4 is 0 Å². The molecular formula is C22H18O3S. The van der Waals surface area contributed by atoms with E-state index in [0.29, 0.717) is 22.3 Å². The molecule has 3 rings (SSSR count). The molecule has 1 heterocycles. The first-order chi connectivity index (χ1) is 12.4. The highest BCUT2D eigenvalue weighted by Crippen LogP contribution is 2.34. The Kier molecular flexibility index (Phi) is 4.87. The van der Waals surface area contributed by atoms with E-state index < -0.39 is 5.97 Å². The monoisotopic (exact) mass is 362 g/mol. The summed E-state index contributed by atoms with van der Waals surface area (Å²) in [4.78, 5) is 25.4. The molecule has 3 nitrogen and oxygen atoms in total.